The van der Waals surface area contributed by atoms with Gasteiger partial charge in [0.05, 0.1) is 6.04 Å². The molecule has 3 nitrogen and oxygen atoms in total. The summed E-state index contributed by atoms with van der Waals surface area (Å²) in [4.78, 5) is 12.4. The molecule has 2 aromatic carbocycles. The van der Waals surface area contributed by atoms with Crippen LogP contribution >= 0.6 is 0 Å². The van der Waals surface area contributed by atoms with Crippen molar-refractivity contribution in [2.24, 2.45) is 0 Å². The lowest BCUT2D eigenvalue weighted by molar-refractivity contribution is -0.127. The number of ether oxygens (including phenoxy) is 1. The standard InChI is InChI=1S/C20H25NO2/c1-13-10-11-14(2)18(12-13)16(4)21-20(22)17(5)23-19-9-7-6-8-15(19)3/h6-12,16-17H,1-5H3,(H,21,22). The van der Waals surface area contributed by atoms with Gasteiger partial charge >= 0.3 is 0 Å². The second-order valence-electron chi connectivity index (χ2n) is 6.12. The first-order valence-electron chi connectivity index (χ1n) is 7.98. The van der Waals surface area contributed by atoms with E-state index in [1.807, 2.05) is 38.1 Å². The molecule has 3 heteroatoms. The monoisotopic (exact) mass is 311 g/mol. The van der Waals surface area contributed by atoms with Gasteiger partial charge in [-0.1, -0.05) is 42.0 Å². The first kappa shape index (κ1) is 17.1. The van der Waals surface area contributed by atoms with Crippen molar-refractivity contribution in [3.8, 4) is 5.75 Å². The van der Waals surface area contributed by atoms with Crippen LogP contribution in [0.1, 0.15) is 42.1 Å². The van der Waals surface area contributed by atoms with E-state index in [0.29, 0.717) is 0 Å². The van der Waals surface area contributed by atoms with Crippen LogP contribution in [0, 0.1) is 20.8 Å². The summed E-state index contributed by atoms with van der Waals surface area (Å²) in [6, 6.07) is 13.9. The van der Waals surface area contributed by atoms with Gasteiger partial charge in [0.1, 0.15) is 5.75 Å². The molecule has 122 valence electrons. The first-order valence-corrected chi connectivity index (χ1v) is 7.98. The minimum atomic E-state index is -0.538. The molecule has 0 spiro atoms. The Morgan fingerprint density at radius 2 is 1.70 bits per heavy atom. The molecule has 0 aliphatic heterocycles. The zero-order valence-electron chi connectivity index (χ0n) is 14.5. The molecule has 0 fully saturated rings. The van der Waals surface area contributed by atoms with E-state index < -0.39 is 6.10 Å². The van der Waals surface area contributed by atoms with E-state index in [-0.39, 0.29) is 11.9 Å². The lowest BCUT2D eigenvalue weighted by Gasteiger charge is -2.21. The van der Waals surface area contributed by atoms with Gasteiger partial charge in [0.2, 0.25) is 0 Å². The molecule has 0 aliphatic rings. The number of carbonyl (C=O) groups is 1. The summed E-state index contributed by atoms with van der Waals surface area (Å²) < 4.78 is 5.79. The van der Waals surface area contributed by atoms with Gasteiger partial charge in [-0.2, -0.15) is 0 Å². The Balaban J connectivity index is 2.03. The van der Waals surface area contributed by atoms with Gasteiger partial charge in [0.25, 0.3) is 5.91 Å². The smallest absolute Gasteiger partial charge is 0.261 e. The largest absolute Gasteiger partial charge is 0.481 e. The molecule has 0 bridgehead atoms. The molecular weight excluding hydrogens is 286 g/mol. The highest BCUT2D eigenvalue weighted by Gasteiger charge is 2.19. The van der Waals surface area contributed by atoms with Gasteiger partial charge in [-0.25, -0.2) is 0 Å². The van der Waals surface area contributed by atoms with Crippen LogP contribution in [0.4, 0.5) is 0 Å². The Morgan fingerprint density at radius 3 is 2.39 bits per heavy atom. The molecule has 23 heavy (non-hydrogen) atoms. The number of para-hydroxylation sites is 1. The van der Waals surface area contributed by atoms with Crippen molar-refractivity contribution in [2.75, 3.05) is 0 Å². The fourth-order valence-electron chi connectivity index (χ4n) is 2.57. The third-order valence-electron chi connectivity index (χ3n) is 4.03. The molecule has 2 aromatic rings. The summed E-state index contributed by atoms with van der Waals surface area (Å²) in [6.45, 7) is 9.86. The molecule has 2 unspecified atom stereocenters. The number of hydrogen-bond acceptors (Lipinski definition) is 2. The van der Waals surface area contributed by atoms with E-state index in [9.17, 15) is 4.79 Å². The van der Waals surface area contributed by atoms with Crippen LogP contribution in [0.2, 0.25) is 0 Å². The van der Waals surface area contributed by atoms with Gasteiger partial charge in [-0.05, 0) is 57.4 Å². The number of benzene rings is 2. The predicted molar refractivity (Wildman–Crippen MR) is 93.7 cm³/mol. The van der Waals surface area contributed by atoms with E-state index in [0.717, 1.165) is 16.9 Å². The molecule has 0 saturated heterocycles. The minimum Gasteiger partial charge on any atom is -0.481 e. The number of nitrogens with one attached hydrogen (secondary N) is 1. The summed E-state index contributed by atoms with van der Waals surface area (Å²) in [7, 11) is 0. The first-order chi connectivity index (χ1) is 10.9. The second-order valence-corrected chi connectivity index (χ2v) is 6.12. The van der Waals surface area contributed by atoms with Crippen molar-refractivity contribution in [2.45, 2.75) is 46.8 Å². The maximum Gasteiger partial charge on any atom is 0.261 e. The SMILES string of the molecule is Cc1ccc(C)c(C(C)NC(=O)C(C)Oc2ccccc2C)c1. The Hall–Kier alpha value is -2.29. The van der Waals surface area contributed by atoms with Crippen molar-refractivity contribution in [1.29, 1.82) is 0 Å². The fraction of sp³-hybridized carbons (Fsp3) is 0.350. The summed E-state index contributed by atoms with van der Waals surface area (Å²) in [5, 5.41) is 3.04. The van der Waals surface area contributed by atoms with Crippen LogP contribution < -0.4 is 10.1 Å². The van der Waals surface area contributed by atoms with Gasteiger partial charge in [-0.15, -0.1) is 0 Å². The van der Waals surface area contributed by atoms with E-state index in [1.54, 1.807) is 6.92 Å². The lowest BCUT2D eigenvalue weighted by Crippen LogP contribution is -2.38. The second kappa shape index (κ2) is 7.32. The molecular formula is C20H25NO2. The van der Waals surface area contributed by atoms with Gasteiger partial charge in [-0.3, -0.25) is 4.79 Å². The molecule has 0 aliphatic carbocycles. The fourth-order valence-corrected chi connectivity index (χ4v) is 2.57. The minimum absolute atomic E-state index is 0.0506. The van der Waals surface area contributed by atoms with Crippen LogP contribution in [0.25, 0.3) is 0 Å². The zero-order chi connectivity index (χ0) is 17.0. The van der Waals surface area contributed by atoms with Crippen LogP contribution in [-0.2, 0) is 4.79 Å². The maximum atomic E-state index is 12.4. The molecule has 2 atom stereocenters. The Bertz CT molecular complexity index is 694. The summed E-state index contributed by atoms with van der Waals surface area (Å²) in [5.41, 5.74) is 4.53. The van der Waals surface area contributed by atoms with Crippen LogP contribution in [-0.4, -0.2) is 12.0 Å². The van der Waals surface area contributed by atoms with Crippen LogP contribution in [0.3, 0.4) is 0 Å². The molecule has 2 rings (SSSR count). The average Bonchev–Trinajstić information content (AvgIpc) is 2.51. The van der Waals surface area contributed by atoms with E-state index >= 15 is 0 Å². The van der Waals surface area contributed by atoms with Crippen LogP contribution in [0.15, 0.2) is 42.5 Å². The summed E-state index contributed by atoms with van der Waals surface area (Å²) in [6.07, 6.45) is -0.538. The van der Waals surface area contributed by atoms with Crippen LogP contribution in [0.5, 0.6) is 5.75 Å². The highest BCUT2D eigenvalue weighted by atomic mass is 16.5. The number of aryl methyl sites for hydroxylation is 3. The van der Waals surface area contributed by atoms with Crippen molar-refractivity contribution in [3.05, 3.63) is 64.7 Å². The third kappa shape index (κ3) is 4.35. The third-order valence-corrected chi connectivity index (χ3v) is 4.03. The van der Waals surface area contributed by atoms with Crippen molar-refractivity contribution < 1.29 is 9.53 Å². The number of rotatable bonds is 5. The quantitative estimate of drug-likeness (QED) is 0.896. The highest BCUT2D eigenvalue weighted by molar-refractivity contribution is 5.81. The maximum absolute atomic E-state index is 12.4. The van der Waals surface area contributed by atoms with E-state index in [2.05, 4.69) is 37.4 Å². The molecule has 1 amide bonds. The lowest BCUT2D eigenvalue weighted by atomic mass is 10.00. The molecule has 0 aromatic heterocycles. The van der Waals surface area contributed by atoms with Gasteiger partial charge in [0, 0.05) is 0 Å². The molecule has 1 N–H and O–H groups in total. The predicted octanol–water partition coefficient (Wildman–Crippen LogP) is 4.26. The highest BCUT2D eigenvalue weighted by Crippen LogP contribution is 2.20. The Morgan fingerprint density at radius 1 is 1.00 bits per heavy atom. The number of hydrogen-bond donors (Lipinski definition) is 1. The Labute approximate surface area is 138 Å². The topological polar surface area (TPSA) is 38.3 Å². The van der Waals surface area contributed by atoms with Crippen molar-refractivity contribution in [1.82, 2.24) is 5.32 Å². The molecule has 0 saturated carbocycles. The molecule has 0 radical (unpaired) electrons. The van der Waals surface area contributed by atoms with E-state index in [4.69, 9.17) is 4.74 Å². The summed E-state index contributed by atoms with van der Waals surface area (Å²) >= 11 is 0. The normalized spacial score (nSPS) is 13.3. The Kier molecular flexibility index (Phi) is 5.43. The van der Waals surface area contributed by atoms with Gasteiger partial charge in [0.15, 0.2) is 6.10 Å². The van der Waals surface area contributed by atoms with Crippen molar-refractivity contribution in [3.63, 3.8) is 0 Å². The number of amides is 1. The number of carbonyl (C=O) groups excluding carboxylic acids is 1. The summed E-state index contributed by atoms with van der Waals surface area (Å²) in [5.74, 6) is 0.635. The van der Waals surface area contributed by atoms with Crippen molar-refractivity contribution >= 4 is 5.91 Å². The molecule has 0 heterocycles. The zero-order valence-corrected chi connectivity index (χ0v) is 14.5. The van der Waals surface area contributed by atoms with E-state index in [1.165, 1.54) is 11.1 Å². The van der Waals surface area contributed by atoms with Gasteiger partial charge < -0.3 is 10.1 Å². The average molecular weight is 311 g/mol.